The number of carbonyl (C=O) groups excluding carboxylic acids is 2. The molecule has 0 aliphatic carbocycles. The van der Waals surface area contributed by atoms with Crippen molar-refractivity contribution in [1.82, 2.24) is 10.6 Å². The van der Waals surface area contributed by atoms with Crippen molar-refractivity contribution in [3.63, 3.8) is 0 Å². The molecule has 2 fully saturated rings. The summed E-state index contributed by atoms with van der Waals surface area (Å²) in [6.07, 6.45) is 2.01. The summed E-state index contributed by atoms with van der Waals surface area (Å²) in [5, 5.41) is 5.84. The van der Waals surface area contributed by atoms with Crippen LogP contribution in [0.2, 0.25) is 0 Å². The number of carbonyl (C=O) groups is 2. The molecule has 1 aromatic rings. The van der Waals surface area contributed by atoms with Gasteiger partial charge in [0.1, 0.15) is 6.04 Å². The number of benzene rings is 1. The first-order chi connectivity index (χ1) is 11.2. The molecule has 0 bridgehead atoms. The molecule has 122 valence electrons. The van der Waals surface area contributed by atoms with E-state index in [1.165, 1.54) is 11.3 Å². The van der Waals surface area contributed by atoms with Gasteiger partial charge in [0.15, 0.2) is 0 Å². The summed E-state index contributed by atoms with van der Waals surface area (Å²) in [5.74, 6) is -0.306. The maximum absolute atomic E-state index is 12.1. The molecule has 6 heteroatoms. The molecule has 1 unspecified atom stereocenters. The van der Waals surface area contributed by atoms with Crippen LogP contribution in [0.5, 0.6) is 0 Å². The zero-order valence-electron chi connectivity index (χ0n) is 13.2. The molecule has 23 heavy (non-hydrogen) atoms. The van der Waals surface area contributed by atoms with E-state index < -0.39 is 0 Å². The quantitative estimate of drug-likeness (QED) is 0.767. The van der Waals surface area contributed by atoms with Crippen LogP contribution < -0.4 is 20.4 Å². The molecular formula is C17H22N4O2. The predicted octanol–water partition coefficient (Wildman–Crippen LogP) is 0.264. The number of nitrogens with one attached hydrogen (secondary N) is 2. The molecule has 0 radical (unpaired) electrons. The number of fused-ring (bicyclic) bond motifs is 1. The second kappa shape index (κ2) is 5.85. The van der Waals surface area contributed by atoms with Gasteiger partial charge in [0.2, 0.25) is 11.8 Å². The minimum atomic E-state index is -0.209. The number of amides is 2. The van der Waals surface area contributed by atoms with Crippen LogP contribution in [0.15, 0.2) is 18.2 Å². The van der Waals surface area contributed by atoms with Gasteiger partial charge in [-0.05, 0) is 36.6 Å². The van der Waals surface area contributed by atoms with Crippen molar-refractivity contribution in [2.45, 2.75) is 25.3 Å². The average Bonchev–Trinajstić information content (AvgIpc) is 2.99. The molecule has 0 aromatic heterocycles. The van der Waals surface area contributed by atoms with E-state index in [4.69, 9.17) is 0 Å². The Hall–Kier alpha value is -2.08. The van der Waals surface area contributed by atoms with Gasteiger partial charge in [0.25, 0.3) is 0 Å². The van der Waals surface area contributed by atoms with Gasteiger partial charge in [-0.25, -0.2) is 0 Å². The van der Waals surface area contributed by atoms with E-state index >= 15 is 0 Å². The first-order valence-corrected chi connectivity index (χ1v) is 8.41. The summed E-state index contributed by atoms with van der Waals surface area (Å²) in [5.41, 5.74) is 3.74. The molecule has 3 aliphatic heterocycles. The molecule has 6 nitrogen and oxygen atoms in total. The number of imide groups is 1. The van der Waals surface area contributed by atoms with Gasteiger partial charge >= 0.3 is 0 Å². The van der Waals surface area contributed by atoms with E-state index in [-0.39, 0.29) is 17.9 Å². The highest BCUT2D eigenvalue weighted by Crippen LogP contribution is 2.34. The first-order valence-electron chi connectivity index (χ1n) is 8.41. The predicted molar refractivity (Wildman–Crippen MR) is 88.7 cm³/mol. The van der Waals surface area contributed by atoms with Gasteiger partial charge in [0, 0.05) is 50.5 Å². The molecule has 3 heterocycles. The number of piperazine rings is 1. The maximum atomic E-state index is 12.1. The lowest BCUT2D eigenvalue weighted by atomic mass is 10.0. The average molecular weight is 314 g/mol. The fourth-order valence-electron chi connectivity index (χ4n) is 3.84. The summed E-state index contributed by atoms with van der Waals surface area (Å²) in [7, 11) is 0. The SMILES string of the molecule is O=C1CCC(N2CCc3cc(N4CCNCC4)ccc32)C(=O)N1. The standard InChI is InChI=1S/C17H22N4O2/c22-16-4-3-15(17(23)19-16)21-8-5-12-11-13(1-2-14(12)21)20-9-6-18-7-10-20/h1-2,11,15,18H,3-10H2,(H,19,22,23). The Kier molecular flexibility index (Phi) is 3.69. The highest BCUT2D eigenvalue weighted by Gasteiger charge is 2.35. The topological polar surface area (TPSA) is 64.7 Å². The highest BCUT2D eigenvalue weighted by molar-refractivity contribution is 6.02. The largest absolute Gasteiger partial charge is 0.369 e. The Labute approximate surface area is 135 Å². The lowest BCUT2D eigenvalue weighted by Gasteiger charge is -2.32. The molecular weight excluding hydrogens is 292 g/mol. The van der Waals surface area contributed by atoms with Gasteiger partial charge in [-0.15, -0.1) is 0 Å². The van der Waals surface area contributed by atoms with Crippen LogP contribution in [0.25, 0.3) is 0 Å². The van der Waals surface area contributed by atoms with Gasteiger partial charge in [-0.2, -0.15) is 0 Å². The van der Waals surface area contributed by atoms with E-state index in [0.717, 1.165) is 44.8 Å². The fraction of sp³-hybridized carbons (Fsp3) is 0.529. The normalized spacial score (nSPS) is 24.6. The van der Waals surface area contributed by atoms with Gasteiger partial charge < -0.3 is 15.1 Å². The lowest BCUT2D eigenvalue weighted by molar-refractivity contribution is -0.134. The molecule has 1 aromatic carbocycles. The summed E-state index contributed by atoms with van der Waals surface area (Å²) >= 11 is 0. The van der Waals surface area contributed by atoms with E-state index in [2.05, 4.69) is 38.6 Å². The van der Waals surface area contributed by atoms with Crippen LogP contribution in [0.4, 0.5) is 11.4 Å². The second-order valence-electron chi connectivity index (χ2n) is 6.46. The Bertz CT molecular complexity index is 639. The number of hydrogen-bond acceptors (Lipinski definition) is 5. The molecule has 0 spiro atoms. The number of anilines is 2. The Morgan fingerprint density at radius 3 is 2.65 bits per heavy atom. The number of hydrogen-bond donors (Lipinski definition) is 2. The third-order valence-corrected chi connectivity index (χ3v) is 5.06. The Morgan fingerprint density at radius 2 is 1.87 bits per heavy atom. The second-order valence-corrected chi connectivity index (χ2v) is 6.46. The van der Waals surface area contributed by atoms with E-state index in [0.29, 0.717) is 12.8 Å². The summed E-state index contributed by atoms with van der Waals surface area (Å²) in [6.45, 7) is 4.98. The molecule has 4 rings (SSSR count). The highest BCUT2D eigenvalue weighted by atomic mass is 16.2. The van der Waals surface area contributed by atoms with Crippen molar-refractivity contribution < 1.29 is 9.59 Å². The zero-order chi connectivity index (χ0) is 15.8. The van der Waals surface area contributed by atoms with Crippen molar-refractivity contribution >= 4 is 23.2 Å². The van der Waals surface area contributed by atoms with Crippen molar-refractivity contribution in [3.05, 3.63) is 23.8 Å². The minimum Gasteiger partial charge on any atom is -0.369 e. The lowest BCUT2D eigenvalue weighted by Crippen LogP contribution is -2.52. The van der Waals surface area contributed by atoms with Crippen LogP contribution in [0.1, 0.15) is 18.4 Å². The fourth-order valence-corrected chi connectivity index (χ4v) is 3.84. The number of nitrogens with zero attached hydrogens (tertiary/aromatic N) is 2. The van der Waals surface area contributed by atoms with Crippen LogP contribution in [0.3, 0.4) is 0 Å². The third kappa shape index (κ3) is 2.67. The van der Waals surface area contributed by atoms with Gasteiger partial charge in [0.05, 0.1) is 0 Å². The summed E-state index contributed by atoms with van der Waals surface area (Å²) < 4.78 is 0. The molecule has 2 amide bonds. The van der Waals surface area contributed by atoms with Crippen molar-refractivity contribution in [1.29, 1.82) is 0 Å². The van der Waals surface area contributed by atoms with Crippen molar-refractivity contribution in [2.24, 2.45) is 0 Å². The van der Waals surface area contributed by atoms with Crippen LogP contribution >= 0.6 is 0 Å². The molecule has 0 saturated carbocycles. The summed E-state index contributed by atoms with van der Waals surface area (Å²) in [4.78, 5) is 28.0. The zero-order valence-corrected chi connectivity index (χ0v) is 13.2. The van der Waals surface area contributed by atoms with Crippen LogP contribution in [-0.2, 0) is 16.0 Å². The van der Waals surface area contributed by atoms with E-state index in [1.807, 2.05) is 0 Å². The van der Waals surface area contributed by atoms with Crippen molar-refractivity contribution in [3.8, 4) is 0 Å². The van der Waals surface area contributed by atoms with E-state index in [1.54, 1.807) is 0 Å². The minimum absolute atomic E-state index is 0.153. The molecule has 1 atom stereocenters. The number of rotatable bonds is 2. The monoisotopic (exact) mass is 314 g/mol. The van der Waals surface area contributed by atoms with E-state index in [9.17, 15) is 9.59 Å². The summed E-state index contributed by atoms with van der Waals surface area (Å²) in [6, 6.07) is 6.36. The molecule has 2 N–H and O–H groups in total. The Balaban J connectivity index is 1.55. The van der Waals surface area contributed by atoms with Crippen LogP contribution in [-0.4, -0.2) is 50.6 Å². The maximum Gasteiger partial charge on any atom is 0.249 e. The van der Waals surface area contributed by atoms with Crippen molar-refractivity contribution in [2.75, 3.05) is 42.5 Å². The van der Waals surface area contributed by atoms with Gasteiger partial charge in [-0.3, -0.25) is 14.9 Å². The molecule has 3 aliphatic rings. The Morgan fingerprint density at radius 1 is 1.04 bits per heavy atom. The third-order valence-electron chi connectivity index (χ3n) is 5.06. The van der Waals surface area contributed by atoms with Crippen LogP contribution in [0, 0.1) is 0 Å². The molecule has 2 saturated heterocycles. The first kappa shape index (κ1) is 14.5. The number of piperidine rings is 1. The smallest absolute Gasteiger partial charge is 0.249 e. The van der Waals surface area contributed by atoms with Gasteiger partial charge in [-0.1, -0.05) is 0 Å².